The molecule has 38 heavy (non-hydrogen) atoms. The van der Waals surface area contributed by atoms with Crippen molar-refractivity contribution in [2.45, 2.75) is 25.8 Å². The van der Waals surface area contributed by atoms with Gasteiger partial charge in [0.15, 0.2) is 23.0 Å². The van der Waals surface area contributed by atoms with Crippen LogP contribution < -0.4 is 18.9 Å². The Bertz CT molecular complexity index is 1240. The minimum Gasteiger partial charge on any atom is -0.493 e. The van der Waals surface area contributed by atoms with Crippen LogP contribution in [0.25, 0.3) is 0 Å². The maximum absolute atomic E-state index is 13.8. The summed E-state index contributed by atoms with van der Waals surface area (Å²) in [5.41, 5.74) is 1.38. The van der Waals surface area contributed by atoms with E-state index < -0.39 is 23.3 Å². The van der Waals surface area contributed by atoms with Crippen LogP contribution >= 0.6 is 0 Å². The first kappa shape index (κ1) is 27.3. The highest BCUT2D eigenvalue weighted by molar-refractivity contribution is 6.19. The Morgan fingerprint density at radius 1 is 0.816 bits per heavy atom. The van der Waals surface area contributed by atoms with Gasteiger partial charge in [0.05, 0.1) is 28.4 Å². The van der Waals surface area contributed by atoms with Gasteiger partial charge in [0.1, 0.15) is 5.41 Å². The van der Waals surface area contributed by atoms with Crippen molar-refractivity contribution in [2.75, 3.05) is 55.6 Å². The Morgan fingerprint density at radius 2 is 1.37 bits per heavy atom. The topological polar surface area (TPSA) is 97.9 Å². The first-order valence-electron chi connectivity index (χ1n) is 12.4. The first-order chi connectivity index (χ1) is 18.1. The van der Waals surface area contributed by atoms with Crippen molar-refractivity contribution in [3.05, 3.63) is 47.0 Å². The maximum atomic E-state index is 13.8. The van der Waals surface area contributed by atoms with E-state index in [9.17, 15) is 14.4 Å². The van der Waals surface area contributed by atoms with E-state index in [1.807, 2.05) is 25.1 Å². The van der Waals surface area contributed by atoms with Crippen molar-refractivity contribution < 1.29 is 33.3 Å². The van der Waals surface area contributed by atoms with Gasteiger partial charge in [-0.15, -0.1) is 0 Å². The van der Waals surface area contributed by atoms with Crippen molar-refractivity contribution in [3.63, 3.8) is 0 Å². The normalized spacial score (nSPS) is 19.3. The van der Waals surface area contributed by atoms with Crippen LogP contribution in [0.15, 0.2) is 30.3 Å². The molecule has 2 aliphatic rings. The summed E-state index contributed by atoms with van der Waals surface area (Å²) < 4.78 is 21.8. The quantitative estimate of drug-likeness (QED) is 0.486. The van der Waals surface area contributed by atoms with Crippen LogP contribution in [0.2, 0.25) is 0 Å². The number of methoxy groups -OCH3 is 4. The summed E-state index contributed by atoms with van der Waals surface area (Å²) in [6.45, 7) is 2.81. The lowest BCUT2D eigenvalue weighted by molar-refractivity contribution is -0.159. The van der Waals surface area contributed by atoms with Crippen LogP contribution in [0.4, 0.5) is 4.79 Å². The number of imide groups is 2. The predicted molar refractivity (Wildman–Crippen MR) is 140 cm³/mol. The molecule has 1 saturated heterocycles. The predicted octanol–water partition coefficient (Wildman–Crippen LogP) is 2.92. The van der Waals surface area contributed by atoms with Crippen LogP contribution in [0, 0.1) is 5.41 Å². The van der Waals surface area contributed by atoms with Gasteiger partial charge >= 0.3 is 6.03 Å². The number of benzene rings is 2. The molecule has 10 heteroatoms. The van der Waals surface area contributed by atoms with E-state index >= 15 is 0 Å². The number of carbonyl (C=O) groups is 3. The van der Waals surface area contributed by atoms with E-state index in [2.05, 4.69) is 4.90 Å². The molecule has 0 radical (unpaired) electrons. The number of hydrogen-bond acceptors (Lipinski definition) is 8. The van der Waals surface area contributed by atoms with Gasteiger partial charge in [0, 0.05) is 33.2 Å². The van der Waals surface area contributed by atoms with Crippen molar-refractivity contribution in [1.82, 2.24) is 14.7 Å². The molecule has 0 N–H and O–H groups in total. The highest BCUT2D eigenvalue weighted by Crippen LogP contribution is 2.42. The molecular weight excluding hydrogens is 490 g/mol. The summed E-state index contributed by atoms with van der Waals surface area (Å²) in [4.78, 5) is 44.6. The largest absolute Gasteiger partial charge is 0.493 e. The van der Waals surface area contributed by atoms with E-state index in [0.717, 1.165) is 26.5 Å². The zero-order valence-corrected chi connectivity index (χ0v) is 23.0. The fraction of sp³-hybridized carbons (Fsp3) is 0.464. The summed E-state index contributed by atoms with van der Waals surface area (Å²) in [5, 5.41) is 0. The highest BCUT2D eigenvalue weighted by atomic mass is 16.5. The Balaban J connectivity index is 1.76. The fourth-order valence-electron chi connectivity index (χ4n) is 5.57. The van der Waals surface area contributed by atoms with Gasteiger partial charge < -0.3 is 18.9 Å². The number of fused-ring (bicyclic) bond motifs is 1. The Morgan fingerprint density at radius 3 is 1.95 bits per heavy atom. The number of amides is 4. The summed E-state index contributed by atoms with van der Waals surface area (Å²) >= 11 is 0. The number of ether oxygens (including phenoxy) is 4. The minimum atomic E-state index is -1.51. The van der Waals surface area contributed by atoms with E-state index in [1.165, 1.54) is 21.2 Å². The number of urea groups is 1. The molecule has 0 aromatic heterocycles. The molecule has 1 atom stereocenters. The van der Waals surface area contributed by atoms with Crippen LogP contribution in [0.1, 0.15) is 29.7 Å². The fourth-order valence-corrected chi connectivity index (χ4v) is 5.57. The number of hydrogen-bond donors (Lipinski definition) is 0. The molecule has 10 nitrogen and oxygen atoms in total. The molecule has 2 aliphatic heterocycles. The van der Waals surface area contributed by atoms with Gasteiger partial charge in [-0.2, -0.15) is 0 Å². The smallest absolute Gasteiger partial charge is 0.332 e. The lowest BCUT2D eigenvalue weighted by atomic mass is 9.76. The molecule has 0 spiro atoms. The molecule has 0 saturated carbocycles. The van der Waals surface area contributed by atoms with Gasteiger partial charge in [-0.05, 0) is 60.7 Å². The van der Waals surface area contributed by atoms with Gasteiger partial charge in [-0.25, -0.2) is 4.79 Å². The highest BCUT2D eigenvalue weighted by Gasteiger charge is 2.56. The SMILES string of the molecule is COc1ccc(CC2(CN3CCc4cc(OC)c(OC)cc4C3C)C(=O)N(C)C(=O)N(C)C2=O)cc1OC. The van der Waals surface area contributed by atoms with Crippen LogP contribution in [0.5, 0.6) is 23.0 Å². The standard InChI is InChI=1S/C28H35N3O7/c1-17-20-14-24(38-7)23(37-6)13-19(20)10-11-31(17)16-28(25(32)29(2)27(34)30(3)26(28)33)15-18-8-9-21(35-4)22(12-18)36-5/h8-9,12-14,17H,10-11,15-16H2,1-7H3. The number of barbiturate groups is 1. The molecule has 4 rings (SSSR count). The number of carbonyl (C=O) groups excluding carboxylic acids is 3. The third-order valence-electron chi connectivity index (χ3n) is 7.74. The van der Waals surface area contributed by atoms with Gasteiger partial charge in [-0.1, -0.05) is 6.07 Å². The Labute approximate surface area is 223 Å². The Hall–Kier alpha value is -3.79. The molecule has 204 valence electrons. The molecule has 1 unspecified atom stereocenters. The van der Waals surface area contributed by atoms with Crippen LogP contribution in [0.3, 0.4) is 0 Å². The number of nitrogens with zero attached hydrogens (tertiary/aromatic N) is 3. The van der Waals surface area contributed by atoms with Crippen LogP contribution in [-0.2, 0) is 22.4 Å². The molecule has 2 aromatic rings. The molecule has 0 aliphatic carbocycles. The van der Waals surface area contributed by atoms with E-state index in [-0.39, 0.29) is 19.0 Å². The lowest BCUT2D eigenvalue weighted by Crippen LogP contribution is -2.67. The zero-order valence-electron chi connectivity index (χ0n) is 23.0. The minimum absolute atomic E-state index is 0.0923. The molecule has 0 bridgehead atoms. The van der Waals surface area contributed by atoms with Crippen molar-refractivity contribution in [2.24, 2.45) is 5.41 Å². The average molecular weight is 526 g/mol. The van der Waals surface area contributed by atoms with E-state index in [0.29, 0.717) is 36.0 Å². The van der Waals surface area contributed by atoms with Gasteiger partial charge in [-0.3, -0.25) is 24.3 Å². The summed E-state index contributed by atoms with van der Waals surface area (Å²) in [6.07, 6.45) is 0.800. The lowest BCUT2D eigenvalue weighted by Gasteiger charge is -2.46. The molecular formula is C28H35N3O7. The second-order valence-electron chi connectivity index (χ2n) is 9.76. The van der Waals surface area contributed by atoms with Gasteiger partial charge in [0.2, 0.25) is 11.8 Å². The third-order valence-corrected chi connectivity index (χ3v) is 7.74. The Kier molecular flexibility index (Phi) is 7.55. The zero-order chi connectivity index (χ0) is 27.8. The molecule has 1 fully saturated rings. The second-order valence-corrected chi connectivity index (χ2v) is 9.76. The van der Waals surface area contributed by atoms with Crippen molar-refractivity contribution >= 4 is 17.8 Å². The molecule has 2 heterocycles. The van der Waals surface area contributed by atoms with Gasteiger partial charge in [0.25, 0.3) is 0 Å². The average Bonchev–Trinajstić information content (AvgIpc) is 2.94. The molecule has 4 amide bonds. The van der Waals surface area contributed by atoms with Crippen molar-refractivity contribution in [3.8, 4) is 23.0 Å². The third kappa shape index (κ3) is 4.42. The van der Waals surface area contributed by atoms with Crippen LogP contribution in [-0.4, -0.2) is 88.2 Å². The van der Waals surface area contributed by atoms with E-state index in [1.54, 1.807) is 33.5 Å². The van der Waals surface area contributed by atoms with E-state index in [4.69, 9.17) is 18.9 Å². The summed E-state index contributed by atoms with van der Waals surface area (Å²) in [6, 6.07) is 8.51. The van der Waals surface area contributed by atoms with Crippen molar-refractivity contribution in [1.29, 1.82) is 0 Å². The maximum Gasteiger partial charge on any atom is 0.332 e. The number of rotatable bonds is 8. The summed E-state index contributed by atoms with van der Waals surface area (Å²) in [5.74, 6) is 1.28. The second kappa shape index (κ2) is 10.5. The monoisotopic (exact) mass is 525 g/mol. The summed E-state index contributed by atoms with van der Waals surface area (Å²) in [7, 11) is 9.12. The first-order valence-corrected chi connectivity index (χ1v) is 12.4. The molecule has 2 aromatic carbocycles.